The Labute approximate surface area is 90.9 Å². The van der Waals surface area contributed by atoms with Crippen LogP contribution in [0.1, 0.15) is 37.7 Å². The van der Waals surface area contributed by atoms with Crippen LogP contribution in [0.15, 0.2) is 30.3 Å². The van der Waals surface area contributed by atoms with Crippen molar-refractivity contribution in [3.8, 4) is 0 Å². The molecule has 2 heteroatoms. The summed E-state index contributed by atoms with van der Waals surface area (Å²) in [6.07, 6.45) is 5.26. The van der Waals surface area contributed by atoms with Gasteiger partial charge >= 0.3 is 5.97 Å². The van der Waals surface area contributed by atoms with Gasteiger partial charge in [-0.1, -0.05) is 43.2 Å². The number of carbonyl (C=O) groups is 1. The molecule has 0 N–H and O–H groups in total. The van der Waals surface area contributed by atoms with Crippen molar-refractivity contribution in [2.75, 3.05) is 0 Å². The van der Waals surface area contributed by atoms with Crippen LogP contribution < -0.4 is 0 Å². The standard InChI is InChI=1S/C13H17O2/c14-13(15)11-7-2-1-4-8-12-9-5-3-6-10-12/h3,5-6,9-10H,1-2,4,7-8,11H2. The molecule has 1 radical (unpaired) electrons. The predicted octanol–water partition coefficient (Wildman–Crippen LogP) is 3.14. The zero-order valence-corrected chi connectivity index (χ0v) is 8.95. The Bertz CT molecular complexity index is 280. The molecule has 0 aromatic heterocycles. The molecule has 0 saturated heterocycles. The third-order valence-electron chi connectivity index (χ3n) is 2.44. The lowest BCUT2D eigenvalue weighted by molar-refractivity contribution is -0.143. The molecule has 0 spiro atoms. The second-order valence-electron chi connectivity index (χ2n) is 3.77. The maximum absolute atomic E-state index is 10.1. The van der Waals surface area contributed by atoms with Crippen molar-refractivity contribution in [1.82, 2.24) is 0 Å². The van der Waals surface area contributed by atoms with Crippen molar-refractivity contribution >= 4 is 5.97 Å². The average Bonchev–Trinajstić information content (AvgIpc) is 2.24. The third-order valence-corrected chi connectivity index (χ3v) is 2.44. The third kappa shape index (κ3) is 5.89. The van der Waals surface area contributed by atoms with E-state index < -0.39 is 5.97 Å². The lowest BCUT2D eigenvalue weighted by Crippen LogP contribution is -1.92. The van der Waals surface area contributed by atoms with Crippen molar-refractivity contribution in [2.24, 2.45) is 0 Å². The van der Waals surface area contributed by atoms with Crippen LogP contribution in [-0.2, 0) is 16.3 Å². The lowest BCUT2D eigenvalue weighted by atomic mass is 10.1. The van der Waals surface area contributed by atoms with Gasteiger partial charge in [-0.15, -0.1) is 0 Å². The van der Waals surface area contributed by atoms with Gasteiger partial charge in [0.05, 0.1) is 6.42 Å². The molecule has 1 rings (SSSR count). The van der Waals surface area contributed by atoms with Crippen molar-refractivity contribution in [3.63, 3.8) is 0 Å². The fraction of sp³-hybridized carbons (Fsp3) is 0.462. The highest BCUT2D eigenvalue weighted by atomic mass is 16.4. The summed E-state index contributed by atoms with van der Waals surface area (Å²) in [5.41, 5.74) is 1.36. The van der Waals surface area contributed by atoms with Gasteiger partial charge in [0.15, 0.2) is 0 Å². The number of benzene rings is 1. The first-order valence-electron chi connectivity index (χ1n) is 5.53. The van der Waals surface area contributed by atoms with Crippen LogP contribution in [0.25, 0.3) is 0 Å². The number of hydrogen-bond donors (Lipinski definition) is 0. The molecule has 0 saturated carbocycles. The molecule has 0 aliphatic carbocycles. The minimum Gasteiger partial charge on any atom is -0.247 e. The fourth-order valence-electron chi connectivity index (χ4n) is 1.60. The first kappa shape index (κ1) is 11.8. The Morgan fingerprint density at radius 3 is 2.27 bits per heavy atom. The normalized spacial score (nSPS) is 10.1. The Hall–Kier alpha value is -1.31. The van der Waals surface area contributed by atoms with E-state index in [1.54, 1.807) is 0 Å². The molecule has 0 unspecified atom stereocenters. The molecule has 0 atom stereocenters. The van der Waals surface area contributed by atoms with Gasteiger partial charge in [-0.25, -0.2) is 9.90 Å². The molecule has 1 aromatic carbocycles. The highest BCUT2D eigenvalue weighted by Crippen LogP contribution is 2.08. The summed E-state index contributed by atoms with van der Waals surface area (Å²) in [5.74, 6) is -0.932. The van der Waals surface area contributed by atoms with E-state index in [4.69, 9.17) is 0 Å². The van der Waals surface area contributed by atoms with Crippen LogP contribution in [0.4, 0.5) is 0 Å². The maximum Gasteiger partial charge on any atom is 0.355 e. The summed E-state index contributed by atoms with van der Waals surface area (Å²) >= 11 is 0. The molecule has 0 fully saturated rings. The van der Waals surface area contributed by atoms with E-state index in [1.165, 1.54) is 5.56 Å². The summed E-state index contributed by atoms with van der Waals surface area (Å²) in [5, 5.41) is 10.1. The Morgan fingerprint density at radius 1 is 0.933 bits per heavy atom. The van der Waals surface area contributed by atoms with Gasteiger partial charge in [0.2, 0.25) is 0 Å². The lowest BCUT2D eigenvalue weighted by Gasteiger charge is -2.00. The molecular weight excluding hydrogens is 188 g/mol. The van der Waals surface area contributed by atoms with E-state index in [9.17, 15) is 9.90 Å². The first-order chi connectivity index (χ1) is 7.29. The number of carbonyl (C=O) groups excluding carboxylic acids is 1. The topological polar surface area (TPSA) is 37.0 Å². The SMILES string of the molecule is [O]C(=O)CCCCCCc1ccccc1. The number of hydrogen-bond acceptors (Lipinski definition) is 1. The van der Waals surface area contributed by atoms with E-state index >= 15 is 0 Å². The summed E-state index contributed by atoms with van der Waals surface area (Å²) in [4.78, 5) is 10.1. The van der Waals surface area contributed by atoms with Gasteiger partial charge in [-0.3, -0.25) is 0 Å². The zero-order valence-electron chi connectivity index (χ0n) is 8.95. The monoisotopic (exact) mass is 205 g/mol. The maximum atomic E-state index is 10.1. The molecule has 81 valence electrons. The van der Waals surface area contributed by atoms with Crippen molar-refractivity contribution < 1.29 is 9.90 Å². The quantitative estimate of drug-likeness (QED) is 0.630. The van der Waals surface area contributed by atoms with Crippen LogP contribution in [0.3, 0.4) is 0 Å². The van der Waals surface area contributed by atoms with E-state index in [0.717, 1.165) is 32.1 Å². The van der Waals surface area contributed by atoms with Gasteiger partial charge < -0.3 is 0 Å². The average molecular weight is 205 g/mol. The van der Waals surface area contributed by atoms with Crippen LogP contribution in [-0.4, -0.2) is 5.97 Å². The van der Waals surface area contributed by atoms with Gasteiger partial charge in [0.25, 0.3) is 0 Å². The Kier molecular flexibility index (Phi) is 5.52. The molecule has 15 heavy (non-hydrogen) atoms. The molecule has 0 aliphatic heterocycles. The first-order valence-corrected chi connectivity index (χ1v) is 5.53. The predicted molar refractivity (Wildman–Crippen MR) is 58.9 cm³/mol. The van der Waals surface area contributed by atoms with Crippen LogP contribution in [0.2, 0.25) is 0 Å². The Balaban J connectivity index is 2.00. The van der Waals surface area contributed by atoms with E-state index in [2.05, 4.69) is 12.1 Å². The molecule has 0 amide bonds. The van der Waals surface area contributed by atoms with Gasteiger partial charge in [-0.2, -0.15) is 0 Å². The molecule has 0 bridgehead atoms. The minimum atomic E-state index is -0.932. The van der Waals surface area contributed by atoms with E-state index in [1.807, 2.05) is 18.2 Å². The van der Waals surface area contributed by atoms with Crippen LogP contribution in [0, 0.1) is 0 Å². The highest BCUT2D eigenvalue weighted by molar-refractivity contribution is 5.66. The van der Waals surface area contributed by atoms with Crippen LogP contribution >= 0.6 is 0 Å². The van der Waals surface area contributed by atoms with Gasteiger partial charge in [0.1, 0.15) is 0 Å². The second kappa shape index (κ2) is 7.04. The molecule has 0 heterocycles. The summed E-state index contributed by atoms with van der Waals surface area (Å²) < 4.78 is 0. The van der Waals surface area contributed by atoms with Gasteiger partial charge in [-0.05, 0) is 24.8 Å². The molecule has 2 nitrogen and oxygen atoms in total. The van der Waals surface area contributed by atoms with Gasteiger partial charge in [0, 0.05) is 0 Å². The number of aryl methyl sites for hydroxylation is 1. The summed E-state index contributed by atoms with van der Waals surface area (Å²) in [7, 11) is 0. The minimum absolute atomic E-state index is 0.200. The number of rotatable bonds is 7. The molecular formula is C13H17O2. The van der Waals surface area contributed by atoms with Crippen molar-refractivity contribution in [1.29, 1.82) is 0 Å². The van der Waals surface area contributed by atoms with E-state index in [-0.39, 0.29) is 6.42 Å². The van der Waals surface area contributed by atoms with Crippen LogP contribution in [0.5, 0.6) is 0 Å². The van der Waals surface area contributed by atoms with E-state index in [0.29, 0.717) is 0 Å². The molecule has 0 aliphatic rings. The zero-order chi connectivity index (χ0) is 10.9. The smallest absolute Gasteiger partial charge is 0.247 e. The summed E-state index contributed by atoms with van der Waals surface area (Å²) in [6.45, 7) is 0. The highest BCUT2D eigenvalue weighted by Gasteiger charge is 1.98. The Morgan fingerprint density at radius 2 is 1.60 bits per heavy atom. The molecule has 1 aromatic rings. The number of unbranched alkanes of at least 4 members (excludes halogenated alkanes) is 3. The largest absolute Gasteiger partial charge is 0.355 e. The van der Waals surface area contributed by atoms with Crippen molar-refractivity contribution in [2.45, 2.75) is 38.5 Å². The van der Waals surface area contributed by atoms with Crippen molar-refractivity contribution in [3.05, 3.63) is 35.9 Å². The fourth-order valence-corrected chi connectivity index (χ4v) is 1.60. The second-order valence-corrected chi connectivity index (χ2v) is 3.77. The summed E-state index contributed by atoms with van der Waals surface area (Å²) in [6, 6.07) is 10.4.